The quantitative estimate of drug-likeness (QED) is 0.877. The number of nitrogens with zero attached hydrogens (tertiary/aromatic N) is 1. The largest absolute Gasteiger partial charge is 0.340 e. The molecule has 0 saturated heterocycles. The lowest BCUT2D eigenvalue weighted by Gasteiger charge is -2.21. The molecule has 1 atom stereocenters. The molecule has 17 heavy (non-hydrogen) atoms. The SMILES string of the molecule is CCC[C@@H](N)C(=O)N(C)Cc1cccc(Cl)c1. The zero-order valence-electron chi connectivity index (χ0n) is 10.3. The molecular formula is C13H19ClN2O. The topological polar surface area (TPSA) is 46.3 Å². The van der Waals surface area contributed by atoms with Crippen molar-refractivity contribution in [1.82, 2.24) is 4.90 Å². The highest BCUT2D eigenvalue weighted by Gasteiger charge is 2.16. The normalized spacial score (nSPS) is 12.2. The van der Waals surface area contributed by atoms with Crippen LogP contribution in [-0.2, 0) is 11.3 Å². The van der Waals surface area contributed by atoms with E-state index in [2.05, 4.69) is 0 Å². The third-order valence-corrected chi connectivity index (χ3v) is 2.84. The predicted octanol–water partition coefficient (Wildman–Crippen LogP) is 2.43. The molecule has 4 heteroatoms. The number of carbonyl (C=O) groups is 1. The number of halogens is 1. The summed E-state index contributed by atoms with van der Waals surface area (Å²) >= 11 is 5.89. The molecular weight excluding hydrogens is 236 g/mol. The van der Waals surface area contributed by atoms with Crippen LogP contribution in [0.4, 0.5) is 0 Å². The van der Waals surface area contributed by atoms with Gasteiger partial charge < -0.3 is 10.6 Å². The van der Waals surface area contributed by atoms with Crippen LogP contribution < -0.4 is 5.73 Å². The minimum atomic E-state index is -0.399. The fourth-order valence-electron chi connectivity index (χ4n) is 1.70. The predicted molar refractivity (Wildman–Crippen MR) is 70.8 cm³/mol. The van der Waals surface area contributed by atoms with E-state index in [1.54, 1.807) is 11.9 Å². The van der Waals surface area contributed by atoms with Crippen molar-refractivity contribution in [3.8, 4) is 0 Å². The maximum Gasteiger partial charge on any atom is 0.239 e. The van der Waals surface area contributed by atoms with E-state index >= 15 is 0 Å². The lowest BCUT2D eigenvalue weighted by atomic mass is 10.1. The second-order valence-corrected chi connectivity index (χ2v) is 4.66. The number of likely N-dealkylation sites (N-methyl/N-ethyl adjacent to an activating group) is 1. The first-order valence-corrected chi connectivity index (χ1v) is 6.17. The summed E-state index contributed by atoms with van der Waals surface area (Å²) in [5, 5.41) is 0.682. The highest BCUT2D eigenvalue weighted by Crippen LogP contribution is 2.12. The van der Waals surface area contributed by atoms with Crippen LogP contribution in [0.1, 0.15) is 25.3 Å². The van der Waals surface area contributed by atoms with Crippen molar-refractivity contribution in [3.05, 3.63) is 34.9 Å². The average Bonchev–Trinajstić information content (AvgIpc) is 2.28. The summed E-state index contributed by atoms with van der Waals surface area (Å²) in [4.78, 5) is 13.5. The van der Waals surface area contributed by atoms with Gasteiger partial charge in [-0.15, -0.1) is 0 Å². The molecule has 1 amide bonds. The molecule has 0 spiro atoms. The van der Waals surface area contributed by atoms with Crippen molar-refractivity contribution < 1.29 is 4.79 Å². The first-order valence-electron chi connectivity index (χ1n) is 5.79. The van der Waals surface area contributed by atoms with Crippen LogP contribution in [0.5, 0.6) is 0 Å². The summed E-state index contributed by atoms with van der Waals surface area (Å²) in [5.41, 5.74) is 6.81. The van der Waals surface area contributed by atoms with E-state index in [1.807, 2.05) is 31.2 Å². The molecule has 94 valence electrons. The molecule has 0 heterocycles. The van der Waals surface area contributed by atoms with Gasteiger partial charge in [0.1, 0.15) is 0 Å². The van der Waals surface area contributed by atoms with Crippen molar-refractivity contribution in [1.29, 1.82) is 0 Å². The van der Waals surface area contributed by atoms with Gasteiger partial charge in [0.05, 0.1) is 6.04 Å². The van der Waals surface area contributed by atoms with Crippen molar-refractivity contribution in [3.63, 3.8) is 0 Å². The highest BCUT2D eigenvalue weighted by molar-refractivity contribution is 6.30. The van der Waals surface area contributed by atoms with Crippen molar-refractivity contribution in [2.45, 2.75) is 32.4 Å². The zero-order chi connectivity index (χ0) is 12.8. The molecule has 1 rings (SSSR count). The molecule has 0 aliphatic carbocycles. The van der Waals surface area contributed by atoms with Crippen LogP contribution in [0.3, 0.4) is 0 Å². The average molecular weight is 255 g/mol. The fourth-order valence-corrected chi connectivity index (χ4v) is 1.92. The van der Waals surface area contributed by atoms with Gasteiger partial charge in [0.25, 0.3) is 0 Å². The number of rotatable bonds is 5. The van der Waals surface area contributed by atoms with Gasteiger partial charge >= 0.3 is 0 Å². The first-order chi connectivity index (χ1) is 8.04. The van der Waals surface area contributed by atoms with Crippen LogP contribution in [0.15, 0.2) is 24.3 Å². The van der Waals surface area contributed by atoms with Crippen LogP contribution in [0.2, 0.25) is 5.02 Å². The number of benzene rings is 1. The lowest BCUT2D eigenvalue weighted by Crippen LogP contribution is -2.41. The second-order valence-electron chi connectivity index (χ2n) is 4.22. The minimum absolute atomic E-state index is 0.0215. The molecule has 0 aliphatic heterocycles. The Bertz CT molecular complexity index is 381. The summed E-state index contributed by atoms with van der Waals surface area (Å²) in [6.45, 7) is 2.56. The molecule has 0 saturated carbocycles. The summed E-state index contributed by atoms with van der Waals surface area (Å²) in [6, 6.07) is 7.10. The zero-order valence-corrected chi connectivity index (χ0v) is 11.1. The van der Waals surface area contributed by atoms with E-state index in [4.69, 9.17) is 17.3 Å². The minimum Gasteiger partial charge on any atom is -0.340 e. The maximum absolute atomic E-state index is 11.9. The van der Waals surface area contributed by atoms with Crippen LogP contribution >= 0.6 is 11.6 Å². The molecule has 0 unspecified atom stereocenters. The third-order valence-electron chi connectivity index (χ3n) is 2.60. The van der Waals surface area contributed by atoms with Crippen molar-refractivity contribution >= 4 is 17.5 Å². The van der Waals surface area contributed by atoms with E-state index in [0.29, 0.717) is 11.6 Å². The number of nitrogens with two attached hydrogens (primary N) is 1. The summed E-state index contributed by atoms with van der Waals surface area (Å²) in [7, 11) is 1.76. The van der Waals surface area contributed by atoms with Crippen molar-refractivity contribution in [2.24, 2.45) is 5.73 Å². The Hall–Kier alpha value is -1.06. The van der Waals surface area contributed by atoms with E-state index < -0.39 is 6.04 Å². The number of hydrogen-bond acceptors (Lipinski definition) is 2. The molecule has 3 nitrogen and oxygen atoms in total. The third kappa shape index (κ3) is 4.36. The molecule has 0 aliphatic rings. The van der Waals surface area contributed by atoms with Crippen LogP contribution in [0, 0.1) is 0 Å². The van der Waals surface area contributed by atoms with Gasteiger partial charge in [0, 0.05) is 18.6 Å². The Morgan fingerprint density at radius 3 is 2.82 bits per heavy atom. The Labute approximate surface area is 108 Å². The van der Waals surface area contributed by atoms with Crippen LogP contribution in [-0.4, -0.2) is 23.9 Å². The van der Waals surface area contributed by atoms with Gasteiger partial charge in [-0.2, -0.15) is 0 Å². The Kier molecular flexibility index (Phi) is 5.45. The van der Waals surface area contributed by atoms with Gasteiger partial charge in [0.2, 0.25) is 5.91 Å². The van der Waals surface area contributed by atoms with Gasteiger partial charge in [-0.25, -0.2) is 0 Å². The Morgan fingerprint density at radius 2 is 2.24 bits per heavy atom. The maximum atomic E-state index is 11.9. The number of amides is 1. The number of carbonyl (C=O) groups excluding carboxylic acids is 1. The van der Waals surface area contributed by atoms with E-state index in [-0.39, 0.29) is 5.91 Å². The molecule has 0 fully saturated rings. The fraction of sp³-hybridized carbons (Fsp3) is 0.462. The van der Waals surface area contributed by atoms with Gasteiger partial charge in [-0.05, 0) is 24.1 Å². The van der Waals surface area contributed by atoms with E-state index in [1.165, 1.54) is 0 Å². The Balaban J connectivity index is 2.59. The standard InChI is InChI=1S/C13H19ClN2O/c1-3-5-12(15)13(17)16(2)9-10-6-4-7-11(14)8-10/h4,6-8,12H,3,5,9,15H2,1-2H3/t12-/m1/s1. The summed E-state index contributed by atoms with van der Waals surface area (Å²) < 4.78 is 0. The lowest BCUT2D eigenvalue weighted by molar-refractivity contribution is -0.131. The molecule has 1 aromatic carbocycles. The van der Waals surface area contributed by atoms with Gasteiger partial charge in [0.15, 0.2) is 0 Å². The molecule has 0 bridgehead atoms. The molecule has 0 aromatic heterocycles. The highest BCUT2D eigenvalue weighted by atomic mass is 35.5. The monoisotopic (exact) mass is 254 g/mol. The summed E-state index contributed by atoms with van der Waals surface area (Å²) in [5.74, 6) is -0.0215. The number of hydrogen-bond donors (Lipinski definition) is 1. The van der Waals surface area contributed by atoms with Crippen molar-refractivity contribution in [2.75, 3.05) is 7.05 Å². The first kappa shape index (κ1) is 14.0. The van der Waals surface area contributed by atoms with Crippen LogP contribution in [0.25, 0.3) is 0 Å². The van der Waals surface area contributed by atoms with Gasteiger partial charge in [-0.3, -0.25) is 4.79 Å². The Morgan fingerprint density at radius 1 is 1.53 bits per heavy atom. The molecule has 0 radical (unpaired) electrons. The molecule has 2 N–H and O–H groups in total. The summed E-state index contributed by atoms with van der Waals surface area (Å²) in [6.07, 6.45) is 1.64. The second kappa shape index (κ2) is 6.62. The molecule has 1 aromatic rings. The smallest absolute Gasteiger partial charge is 0.239 e. The van der Waals surface area contributed by atoms with E-state index in [9.17, 15) is 4.79 Å². The van der Waals surface area contributed by atoms with Gasteiger partial charge in [-0.1, -0.05) is 37.1 Å². The van der Waals surface area contributed by atoms with E-state index in [0.717, 1.165) is 18.4 Å².